The molecule has 25 valence electrons. The maximum atomic E-state index is 8.28. The Morgan fingerprint density at radius 2 is 1.25 bits per heavy atom. The molecule has 0 heterocycles. The summed E-state index contributed by atoms with van der Waals surface area (Å²) < 4.78 is 8.28. The Morgan fingerprint density at radius 3 is 1.25 bits per heavy atom. The van der Waals surface area contributed by atoms with E-state index in [4.69, 9.17) is 4.46 Å². The molecule has 0 aliphatic carbocycles. The van der Waals surface area contributed by atoms with Gasteiger partial charge in [0.15, 0.2) is 0 Å². The van der Waals surface area contributed by atoms with Crippen molar-refractivity contribution in [3.05, 3.63) is 0 Å². The van der Waals surface area contributed by atoms with Crippen LogP contribution < -0.4 is 0 Å². The van der Waals surface area contributed by atoms with Crippen molar-refractivity contribution in [2.75, 3.05) is 0 Å². The van der Waals surface area contributed by atoms with Crippen LogP contribution in [0.1, 0.15) is 0 Å². The summed E-state index contributed by atoms with van der Waals surface area (Å²) in [5, 5.41) is 0. The smallest absolute Gasteiger partial charge is 0.245 e. The van der Waals surface area contributed by atoms with Crippen LogP contribution in [0.15, 0.2) is 0 Å². The van der Waals surface area contributed by atoms with Gasteiger partial charge in [-0.2, -0.15) is 0 Å². The van der Waals surface area contributed by atoms with Crippen molar-refractivity contribution in [3.8, 4) is 0 Å². The number of rotatable bonds is 0. The molecule has 1 radical (unpaired) electrons. The van der Waals surface area contributed by atoms with Gasteiger partial charge in [-0.1, -0.05) is 0 Å². The fourth-order valence-electron chi connectivity index (χ4n) is 0. The van der Waals surface area contributed by atoms with Crippen molar-refractivity contribution in [2.24, 2.45) is 0 Å². The molecule has 0 atom stereocenters. The first kappa shape index (κ1) is 18.2. The standard InChI is InChI=1S/H2OSi.Ru.Ta/c1-2;;/h2H2;;. The molecule has 0 aromatic rings. The molecule has 0 aliphatic rings. The van der Waals surface area contributed by atoms with Crippen LogP contribution in [0, 0.1) is 0 Å². The molecule has 4 heteroatoms. The van der Waals surface area contributed by atoms with Gasteiger partial charge in [-0.25, -0.2) is 0 Å². The predicted octanol–water partition coefficient (Wildman–Crippen LogP) is -1.04. The summed E-state index contributed by atoms with van der Waals surface area (Å²) >= 11 is 0. The van der Waals surface area contributed by atoms with Crippen LogP contribution >= 0.6 is 0 Å². The van der Waals surface area contributed by atoms with Gasteiger partial charge in [-0.15, -0.1) is 0 Å². The second-order valence-electron chi connectivity index (χ2n) is 0. The Hall–Kier alpha value is 1.38. The van der Waals surface area contributed by atoms with Crippen LogP contribution in [0.5, 0.6) is 0 Å². The third-order valence-electron chi connectivity index (χ3n) is 0. The van der Waals surface area contributed by atoms with Gasteiger partial charge in [0.25, 0.3) is 0 Å². The van der Waals surface area contributed by atoms with E-state index >= 15 is 0 Å². The topological polar surface area (TPSA) is 17.1 Å². The molecule has 0 aliphatic heterocycles. The van der Waals surface area contributed by atoms with Crippen molar-refractivity contribution < 1.29 is 46.3 Å². The third kappa shape index (κ3) is 10.1. The molecule has 0 rings (SSSR count). The first-order valence-corrected chi connectivity index (χ1v) is 0.866. The van der Waals surface area contributed by atoms with Crippen molar-refractivity contribution >= 4 is 10.1 Å². The molecule has 0 N–H and O–H groups in total. The van der Waals surface area contributed by atoms with E-state index in [2.05, 4.69) is 0 Å². The van der Waals surface area contributed by atoms with Gasteiger partial charge in [0.1, 0.15) is 0 Å². The van der Waals surface area contributed by atoms with E-state index in [1.807, 2.05) is 0 Å². The first-order valence-electron chi connectivity index (χ1n) is 0.289. The zero-order chi connectivity index (χ0) is 2.00. The van der Waals surface area contributed by atoms with Gasteiger partial charge in [0, 0.05) is 41.9 Å². The van der Waals surface area contributed by atoms with E-state index in [9.17, 15) is 0 Å². The molecule has 0 spiro atoms. The van der Waals surface area contributed by atoms with E-state index in [0.717, 1.165) is 0 Å². The Morgan fingerprint density at radius 1 is 1.25 bits per heavy atom. The molecular weight excluding hydrogens is 326 g/mol. The summed E-state index contributed by atoms with van der Waals surface area (Å²) in [5.74, 6) is 0. The van der Waals surface area contributed by atoms with E-state index in [0.29, 0.717) is 10.1 Å². The van der Waals surface area contributed by atoms with Gasteiger partial charge in [0.2, 0.25) is 10.1 Å². The Kier molecular flexibility index (Phi) is 120. The molecule has 0 aromatic heterocycles. The van der Waals surface area contributed by atoms with E-state index in [-0.39, 0.29) is 41.9 Å². The predicted molar refractivity (Wildman–Crippen MR) is 9.23 cm³/mol. The second kappa shape index (κ2) is 26.3. The van der Waals surface area contributed by atoms with Crippen LogP contribution in [0.4, 0.5) is 0 Å². The molecule has 0 fully saturated rings. The first-order chi connectivity index (χ1) is 1.00. The summed E-state index contributed by atoms with van der Waals surface area (Å²) in [7, 11) is 0.611. The van der Waals surface area contributed by atoms with Gasteiger partial charge >= 0.3 is 0 Å². The molecule has 1 nitrogen and oxygen atoms in total. The van der Waals surface area contributed by atoms with Gasteiger partial charge in [-0.3, -0.25) is 0 Å². The maximum Gasteiger partial charge on any atom is 0.245 e. The van der Waals surface area contributed by atoms with Gasteiger partial charge < -0.3 is 4.46 Å². The molecule has 0 unspecified atom stereocenters. The van der Waals surface area contributed by atoms with Crippen molar-refractivity contribution in [2.45, 2.75) is 0 Å². The summed E-state index contributed by atoms with van der Waals surface area (Å²) in [6.07, 6.45) is 0. The summed E-state index contributed by atoms with van der Waals surface area (Å²) in [4.78, 5) is 0. The van der Waals surface area contributed by atoms with E-state index in [1.54, 1.807) is 0 Å². The zero-order valence-electron chi connectivity index (χ0n) is 1.92. The van der Waals surface area contributed by atoms with Crippen LogP contribution in [0.2, 0.25) is 0 Å². The number of hydrogen-bond acceptors (Lipinski definition) is 1. The minimum atomic E-state index is 0. The van der Waals surface area contributed by atoms with Gasteiger partial charge in [0.05, 0.1) is 0 Å². The largest absolute Gasteiger partial charge is 0.396 e. The van der Waals surface area contributed by atoms with E-state index in [1.165, 1.54) is 0 Å². The van der Waals surface area contributed by atoms with Crippen LogP contribution in [-0.4, -0.2) is 10.1 Å². The fourth-order valence-corrected chi connectivity index (χ4v) is 0. The fraction of sp³-hybridized carbons (Fsp3) is 0. The second-order valence-corrected chi connectivity index (χ2v) is 0. The van der Waals surface area contributed by atoms with Gasteiger partial charge in [-0.05, 0) is 0 Å². The molecule has 0 saturated heterocycles. The third-order valence-corrected chi connectivity index (χ3v) is 0. The Labute approximate surface area is 56.3 Å². The molecule has 4 heavy (non-hydrogen) atoms. The average Bonchev–Trinajstić information content (AvgIpc) is 1.00. The van der Waals surface area contributed by atoms with Crippen LogP contribution in [0.25, 0.3) is 0 Å². The van der Waals surface area contributed by atoms with Crippen molar-refractivity contribution in [1.82, 2.24) is 0 Å². The summed E-state index contributed by atoms with van der Waals surface area (Å²) in [6, 6.07) is 0. The normalized spacial score (nSPS) is 1.00. The van der Waals surface area contributed by atoms with Crippen LogP contribution in [-0.2, 0) is 46.3 Å². The monoisotopic (exact) mass is 329 g/mol. The Balaban J connectivity index is -0.00000000500. The molecule has 0 aromatic carbocycles. The average molecular weight is 328 g/mol. The summed E-state index contributed by atoms with van der Waals surface area (Å²) in [6.45, 7) is 0. The van der Waals surface area contributed by atoms with Crippen molar-refractivity contribution in [3.63, 3.8) is 0 Å². The minimum absolute atomic E-state index is 0. The van der Waals surface area contributed by atoms with Crippen molar-refractivity contribution in [1.29, 1.82) is 0 Å². The molecule has 0 saturated carbocycles. The van der Waals surface area contributed by atoms with E-state index < -0.39 is 0 Å². The quantitative estimate of drug-likeness (QED) is 0.520. The maximum absolute atomic E-state index is 8.28. The zero-order valence-corrected chi connectivity index (χ0v) is 8.28. The summed E-state index contributed by atoms with van der Waals surface area (Å²) in [5.41, 5.74) is 0. The Bertz CT molecular complexity index is 8.00. The molecule has 0 bridgehead atoms. The number of hydrogen-bond donors (Lipinski definition) is 0. The van der Waals surface area contributed by atoms with Crippen LogP contribution in [0.3, 0.4) is 0 Å². The molecule has 0 amide bonds. The SMILES string of the molecule is O=[SiH2].[Ru].[Ta]. The molecular formula is H2ORuSiTa. The minimum Gasteiger partial charge on any atom is -0.396 e.